The summed E-state index contributed by atoms with van der Waals surface area (Å²) in [6, 6.07) is 3.53. The molecule has 1 atom stereocenters. The van der Waals surface area contributed by atoms with Gasteiger partial charge in [0, 0.05) is 5.69 Å². The molecule has 12 heteroatoms. The van der Waals surface area contributed by atoms with Crippen LogP contribution in [0.15, 0.2) is 29.2 Å². The molecule has 3 N–H and O–H groups in total. The summed E-state index contributed by atoms with van der Waals surface area (Å²) in [6.45, 7) is -1.22. The van der Waals surface area contributed by atoms with Crippen molar-refractivity contribution in [1.29, 1.82) is 0 Å². The van der Waals surface area contributed by atoms with Crippen molar-refractivity contribution in [3.63, 3.8) is 0 Å². The number of alkyl halides is 3. The standard InChI is InChI=1S/C13H14F3NO7S/c1-24-11(20)12(21,6-18)7-25(22,23)9-4-2-8(3-5-9)17-10(19)13(14,15)16/h2-5,18,21H,6-7H2,1H3,(H,17,19). The minimum Gasteiger partial charge on any atom is -0.467 e. The zero-order valence-electron chi connectivity index (χ0n) is 12.7. The minimum atomic E-state index is -5.11. The Bertz CT molecular complexity index is 746. The number of carbonyl (C=O) groups is 2. The highest BCUT2D eigenvalue weighted by Crippen LogP contribution is 2.22. The molecular formula is C13H14F3NO7S. The summed E-state index contributed by atoms with van der Waals surface area (Å²) >= 11 is 0. The molecule has 25 heavy (non-hydrogen) atoms. The van der Waals surface area contributed by atoms with Crippen molar-refractivity contribution in [2.75, 3.05) is 24.8 Å². The fourth-order valence-electron chi connectivity index (χ4n) is 1.70. The number of methoxy groups -OCH3 is 1. The number of anilines is 1. The van der Waals surface area contributed by atoms with Gasteiger partial charge in [0.05, 0.1) is 24.4 Å². The highest BCUT2D eigenvalue weighted by atomic mass is 32.2. The Balaban J connectivity index is 3.01. The fourth-order valence-corrected chi connectivity index (χ4v) is 3.26. The quantitative estimate of drug-likeness (QED) is 0.581. The molecule has 1 aromatic rings. The third kappa shape index (κ3) is 5.14. The van der Waals surface area contributed by atoms with E-state index in [1.807, 2.05) is 0 Å². The number of rotatable bonds is 6. The normalized spacial score (nSPS) is 14.5. The minimum absolute atomic E-state index is 0.313. The SMILES string of the molecule is COC(=O)C(O)(CO)CS(=O)(=O)c1ccc(NC(=O)C(F)(F)F)cc1. The molecule has 1 rings (SSSR count). The molecule has 0 fully saturated rings. The van der Waals surface area contributed by atoms with Crippen LogP contribution in [0.5, 0.6) is 0 Å². The summed E-state index contributed by atoms with van der Waals surface area (Å²) in [4.78, 5) is 21.7. The van der Waals surface area contributed by atoms with E-state index in [-0.39, 0.29) is 5.69 Å². The lowest BCUT2D eigenvalue weighted by molar-refractivity contribution is -0.167. The van der Waals surface area contributed by atoms with Gasteiger partial charge in [-0.25, -0.2) is 13.2 Å². The fraction of sp³-hybridized carbons (Fsp3) is 0.385. The molecule has 0 saturated carbocycles. The number of carbonyl (C=O) groups excluding carboxylic acids is 2. The van der Waals surface area contributed by atoms with Gasteiger partial charge in [0.15, 0.2) is 15.4 Å². The molecule has 0 spiro atoms. The summed E-state index contributed by atoms with van der Waals surface area (Å²) in [6.07, 6.45) is -5.11. The van der Waals surface area contributed by atoms with Crippen LogP contribution in [0.4, 0.5) is 18.9 Å². The molecule has 140 valence electrons. The predicted octanol–water partition coefficient (Wildman–Crippen LogP) is -0.143. The molecule has 1 unspecified atom stereocenters. The number of nitrogens with one attached hydrogen (secondary N) is 1. The first-order valence-electron chi connectivity index (χ1n) is 6.48. The van der Waals surface area contributed by atoms with Crippen LogP contribution in [0.3, 0.4) is 0 Å². The van der Waals surface area contributed by atoms with Gasteiger partial charge < -0.3 is 20.3 Å². The first kappa shape index (κ1) is 20.9. The van der Waals surface area contributed by atoms with E-state index in [1.54, 1.807) is 0 Å². The van der Waals surface area contributed by atoms with Crippen molar-refractivity contribution in [2.45, 2.75) is 16.7 Å². The van der Waals surface area contributed by atoms with Crippen molar-refractivity contribution in [3.8, 4) is 0 Å². The van der Waals surface area contributed by atoms with Crippen molar-refractivity contribution < 1.29 is 46.1 Å². The molecule has 0 aromatic heterocycles. The second-order valence-corrected chi connectivity index (χ2v) is 6.91. The Hall–Kier alpha value is -2.18. The molecule has 8 nitrogen and oxygen atoms in total. The van der Waals surface area contributed by atoms with E-state index < -0.39 is 50.7 Å². The molecule has 0 saturated heterocycles. The third-order valence-electron chi connectivity index (χ3n) is 2.98. The maximum Gasteiger partial charge on any atom is 0.471 e. The smallest absolute Gasteiger partial charge is 0.467 e. The average molecular weight is 385 g/mol. The number of amides is 1. The molecule has 0 heterocycles. The number of aliphatic hydroxyl groups is 2. The van der Waals surface area contributed by atoms with E-state index in [0.717, 1.165) is 31.4 Å². The van der Waals surface area contributed by atoms with Gasteiger partial charge in [-0.3, -0.25) is 4.79 Å². The Labute approximate surface area is 140 Å². The molecular weight excluding hydrogens is 371 g/mol. The Morgan fingerprint density at radius 1 is 1.20 bits per heavy atom. The summed E-state index contributed by atoms with van der Waals surface area (Å²) < 4.78 is 65.0. The maximum atomic E-state index is 12.2. The van der Waals surface area contributed by atoms with Crippen LogP contribution in [-0.4, -0.2) is 61.8 Å². The number of hydrogen-bond acceptors (Lipinski definition) is 7. The van der Waals surface area contributed by atoms with Crippen LogP contribution < -0.4 is 5.32 Å². The van der Waals surface area contributed by atoms with Crippen molar-refractivity contribution in [1.82, 2.24) is 0 Å². The van der Waals surface area contributed by atoms with Crippen LogP contribution in [0.1, 0.15) is 0 Å². The monoisotopic (exact) mass is 385 g/mol. The van der Waals surface area contributed by atoms with Gasteiger partial charge in [0.25, 0.3) is 0 Å². The third-order valence-corrected chi connectivity index (χ3v) is 4.83. The van der Waals surface area contributed by atoms with Gasteiger partial charge in [0.2, 0.25) is 0 Å². The summed E-state index contributed by atoms with van der Waals surface area (Å²) in [5.74, 6) is -4.81. The Kier molecular flexibility index (Phi) is 6.15. The molecule has 0 aliphatic heterocycles. The second kappa shape index (κ2) is 7.37. The topological polar surface area (TPSA) is 130 Å². The Morgan fingerprint density at radius 3 is 2.12 bits per heavy atom. The number of esters is 1. The molecule has 0 radical (unpaired) electrons. The first-order chi connectivity index (χ1) is 11.4. The van der Waals surface area contributed by atoms with Crippen molar-refractivity contribution in [2.24, 2.45) is 0 Å². The van der Waals surface area contributed by atoms with E-state index in [0.29, 0.717) is 0 Å². The summed E-state index contributed by atoms with van der Waals surface area (Å²) in [5, 5.41) is 20.4. The van der Waals surface area contributed by atoms with Crippen LogP contribution in [0.25, 0.3) is 0 Å². The van der Waals surface area contributed by atoms with Gasteiger partial charge in [-0.1, -0.05) is 0 Å². The van der Waals surface area contributed by atoms with Crippen LogP contribution in [0.2, 0.25) is 0 Å². The lowest BCUT2D eigenvalue weighted by Crippen LogP contribution is -2.49. The number of benzene rings is 1. The van der Waals surface area contributed by atoms with E-state index in [9.17, 15) is 36.3 Å². The van der Waals surface area contributed by atoms with Gasteiger partial charge in [-0.05, 0) is 24.3 Å². The van der Waals surface area contributed by atoms with Gasteiger partial charge in [-0.2, -0.15) is 13.2 Å². The van der Waals surface area contributed by atoms with Crippen LogP contribution >= 0.6 is 0 Å². The molecule has 0 bridgehead atoms. The lowest BCUT2D eigenvalue weighted by Gasteiger charge is -2.22. The van der Waals surface area contributed by atoms with E-state index >= 15 is 0 Å². The van der Waals surface area contributed by atoms with Gasteiger partial charge in [-0.15, -0.1) is 0 Å². The number of ether oxygens (including phenoxy) is 1. The predicted molar refractivity (Wildman–Crippen MR) is 77.2 cm³/mol. The lowest BCUT2D eigenvalue weighted by atomic mass is 10.1. The van der Waals surface area contributed by atoms with Crippen molar-refractivity contribution >= 4 is 27.4 Å². The van der Waals surface area contributed by atoms with Crippen molar-refractivity contribution in [3.05, 3.63) is 24.3 Å². The highest BCUT2D eigenvalue weighted by molar-refractivity contribution is 7.91. The second-order valence-electron chi connectivity index (χ2n) is 4.92. The number of aliphatic hydroxyl groups excluding tert-OH is 1. The zero-order valence-corrected chi connectivity index (χ0v) is 13.5. The molecule has 1 amide bonds. The Morgan fingerprint density at radius 2 is 1.72 bits per heavy atom. The van der Waals surface area contributed by atoms with E-state index in [2.05, 4.69) is 4.74 Å². The zero-order chi connectivity index (χ0) is 19.5. The number of halogens is 3. The maximum absolute atomic E-state index is 12.2. The van der Waals surface area contributed by atoms with Gasteiger partial charge >= 0.3 is 18.1 Å². The molecule has 0 aliphatic carbocycles. The first-order valence-corrected chi connectivity index (χ1v) is 8.13. The van der Waals surface area contributed by atoms with E-state index in [1.165, 1.54) is 5.32 Å². The highest BCUT2D eigenvalue weighted by Gasteiger charge is 2.42. The summed E-state index contributed by atoms with van der Waals surface area (Å²) in [7, 11) is -3.42. The van der Waals surface area contributed by atoms with Gasteiger partial charge in [0.1, 0.15) is 0 Å². The van der Waals surface area contributed by atoms with E-state index in [4.69, 9.17) is 5.11 Å². The molecule has 0 aliphatic rings. The van der Waals surface area contributed by atoms with Crippen LogP contribution in [0, 0.1) is 0 Å². The average Bonchev–Trinajstić information content (AvgIpc) is 2.53. The van der Waals surface area contributed by atoms with Crippen LogP contribution in [-0.2, 0) is 24.2 Å². The summed E-state index contributed by atoms with van der Waals surface area (Å²) in [5.41, 5.74) is -3.01. The number of hydrogen-bond donors (Lipinski definition) is 3. The largest absolute Gasteiger partial charge is 0.471 e. The number of sulfone groups is 1. The molecule has 1 aromatic carbocycles.